The summed E-state index contributed by atoms with van der Waals surface area (Å²) in [6, 6.07) is 0. The lowest BCUT2D eigenvalue weighted by atomic mass is 10.1. The summed E-state index contributed by atoms with van der Waals surface area (Å²) in [4.78, 5) is 4.34. The van der Waals surface area contributed by atoms with Crippen LogP contribution in [0.2, 0.25) is 0 Å². The zero-order valence-electron chi connectivity index (χ0n) is 10.1. The number of rotatable bonds is 6. The summed E-state index contributed by atoms with van der Waals surface area (Å²) in [7, 11) is 0. The van der Waals surface area contributed by atoms with Crippen LogP contribution in [-0.4, -0.2) is 16.7 Å². The molecular formula is C11H21N3O. The van der Waals surface area contributed by atoms with E-state index in [-0.39, 0.29) is 0 Å². The van der Waals surface area contributed by atoms with Gasteiger partial charge in [-0.25, -0.2) is 0 Å². The highest BCUT2D eigenvalue weighted by Crippen LogP contribution is 2.14. The Labute approximate surface area is 91.5 Å². The molecule has 4 heteroatoms. The van der Waals surface area contributed by atoms with Crippen molar-refractivity contribution in [3.63, 3.8) is 0 Å². The van der Waals surface area contributed by atoms with Gasteiger partial charge in [-0.3, -0.25) is 0 Å². The molecule has 0 amide bonds. The van der Waals surface area contributed by atoms with Gasteiger partial charge in [-0.15, -0.1) is 0 Å². The Bertz CT molecular complexity index is 283. The Morgan fingerprint density at radius 3 is 2.67 bits per heavy atom. The molecule has 1 atom stereocenters. The highest BCUT2D eigenvalue weighted by Gasteiger charge is 2.11. The Kier molecular flexibility index (Phi) is 4.75. The van der Waals surface area contributed by atoms with Crippen LogP contribution in [0.25, 0.3) is 0 Å². The highest BCUT2D eigenvalue weighted by atomic mass is 16.5. The average Bonchev–Trinajstić information content (AvgIpc) is 2.65. The zero-order chi connectivity index (χ0) is 11.3. The first kappa shape index (κ1) is 12.2. The van der Waals surface area contributed by atoms with Gasteiger partial charge in [-0.05, 0) is 18.9 Å². The normalized spacial score (nSPS) is 13.4. The lowest BCUT2D eigenvalue weighted by Crippen LogP contribution is -2.19. The maximum absolute atomic E-state index is 5.15. The van der Waals surface area contributed by atoms with Crippen LogP contribution in [0.15, 0.2) is 4.52 Å². The van der Waals surface area contributed by atoms with E-state index in [0.717, 1.165) is 18.8 Å². The summed E-state index contributed by atoms with van der Waals surface area (Å²) >= 11 is 0. The maximum Gasteiger partial charge on any atom is 0.240 e. The van der Waals surface area contributed by atoms with E-state index in [4.69, 9.17) is 4.52 Å². The van der Waals surface area contributed by atoms with Crippen molar-refractivity contribution in [3.05, 3.63) is 11.7 Å². The fourth-order valence-electron chi connectivity index (χ4n) is 1.19. The second-order valence-corrected chi connectivity index (χ2v) is 4.38. The predicted molar refractivity (Wildman–Crippen MR) is 59.5 cm³/mol. The van der Waals surface area contributed by atoms with Gasteiger partial charge in [0.05, 0.1) is 6.54 Å². The quantitative estimate of drug-likeness (QED) is 0.784. The molecule has 86 valence electrons. The number of aromatic nitrogens is 2. The minimum atomic E-state index is 0.382. The third kappa shape index (κ3) is 4.00. The van der Waals surface area contributed by atoms with E-state index in [1.165, 1.54) is 0 Å². The van der Waals surface area contributed by atoms with Crippen molar-refractivity contribution in [2.45, 2.75) is 46.6 Å². The van der Waals surface area contributed by atoms with Crippen molar-refractivity contribution >= 4 is 0 Å². The molecule has 15 heavy (non-hydrogen) atoms. The number of hydrogen-bond acceptors (Lipinski definition) is 4. The van der Waals surface area contributed by atoms with Gasteiger partial charge in [0.25, 0.3) is 0 Å². The molecule has 0 bridgehead atoms. The molecule has 0 aliphatic heterocycles. The van der Waals surface area contributed by atoms with Crippen LogP contribution in [0.4, 0.5) is 0 Å². The predicted octanol–water partition coefficient (Wildman–Crippen LogP) is 2.33. The first-order chi connectivity index (χ1) is 7.13. The van der Waals surface area contributed by atoms with Crippen molar-refractivity contribution in [3.8, 4) is 0 Å². The minimum Gasteiger partial charge on any atom is -0.338 e. The largest absolute Gasteiger partial charge is 0.338 e. The summed E-state index contributed by atoms with van der Waals surface area (Å²) in [6.07, 6.45) is 1.04. The number of nitrogens with one attached hydrogen (secondary N) is 1. The number of hydrogen-bond donors (Lipinski definition) is 1. The molecular weight excluding hydrogens is 190 g/mol. The van der Waals surface area contributed by atoms with E-state index < -0.39 is 0 Å². The monoisotopic (exact) mass is 211 g/mol. The van der Waals surface area contributed by atoms with Gasteiger partial charge in [0.15, 0.2) is 5.82 Å². The standard InChI is InChI=1S/C11H21N3O/c1-5-9(4)11-13-10(15-14-11)7-12-6-8(2)3/h8-9,12H,5-7H2,1-4H3. The molecule has 0 aliphatic rings. The van der Waals surface area contributed by atoms with E-state index in [2.05, 4.69) is 43.2 Å². The summed E-state index contributed by atoms with van der Waals surface area (Å²) in [5.74, 6) is 2.53. The highest BCUT2D eigenvalue weighted by molar-refractivity contribution is 4.92. The van der Waals surface area contributed by atoms with E-state index in [9.17, 15) is 0 Å². The fourth-order valence-corrected chi connectivity index (χ4v) is 1.19. The third-order valence-corrected chi connectivity index (χ3v) is 2.37. The Hall–Kier alpha value is -0.900. The molecule has 0 spiro atoms. The zero-order valence-corrected chi connectivity index (χ0v) is 10.1. The van der Waals surface area contributed by atoms with Crippen LogP contribution in [0.5, 0.6) is 0 Å². The topological polar surface area (TPSA) is 51.0 Å². The molecule has 1 aromatic heterocycles. The molecule has 1 rings (SSSR count). The van der Waals surface area contributed by atoms with Gasteiger partial charge in [0.2, 0.25) is 5.89 Å². The van der Waals surface area contributed by atoms with Gasteiger partial charge in [0, 0.05) is 5.92 Å². The molecule has 0 aromatic carbocycles. The summed E-state index contributed by atoms with van der Waals surface area (Å²) in [5.41, 5.74) is 0. The van der Waals surface area contributed by atoms with Crippen LogP contribution >= 0.6 is 0 Å². The van der Waals surface area contributed by atoms with Crippen molar-refractivity contribution in [2.24, 2.45) is 5.92 Å². The van der Waals surface area contributed by atoms with E-state index >= 15 is 0 Å². The maximum atomic E-state index is 5.15. The van der Waals surface area contributed by atoms with Crippen LogP contribution in [0.3, 0.4) is 0 Å². The lowest BCUT2D eigenvalue weighted by molar-refractivity contribution is 0.357. The molecule has 0 saturated heterocycles. The van der Waals surface area contributed by atoms with Crippen LogP contribution in [-0.2, 0) is 6.54 Å². The minimum absolute atomic E-state index is 0.382. The van der Waals surface area contributed by atoms with Gasteiger partial charge >= 0.3 is 0 Å². The van der Waals surface area contributed by atoms with Gasteiger partial charge < -0.3 is 9.84 Å². The molecule has 1 aromatic rings. The molecule has 0 fully saturated rings. The molecule has 1 N–H and O–H groups in total. The molecule has 0 radical (unpaired) electrons. The number of nitrogens with zero attached hydrogens (tertiary/aromatic N) is 2. The van der Waals surface area contributed by atoms with Crippen molar-refractivity contribution in [2.75, 3.05) is 6.54 Å². The van der Waals surface area contributed by atoms with Gasteiger partial charge in [0.1, 0.15) is 0 Å². The smallest absolute Gasteiger partial charge is 0.240 e. The van der Waals surface area contributed by atoms with Crippen molar-refractivity contribution < 1.29 is 4.52 Å². The van der Waals surface area contributed by atoms with E-state index in [1.54, 1.807) is 0 Å². The van der Waals surface area contributed by atoms with Gasteiger partial charge in [-0.1, -0.05) is 32.9 Å². The van der Waals surface area contributed by atoms with Crippen molar-refractivity contribution in [1.82, 2.24) is 15.5 Å². The van der Waals surface area contributed by atoms with E-state index in [0.29, 0.717) is 24.3 Å². The summed E-state index contributed by atoms with van der Waals surface area (Å²) < 4.78 is 5.15. The van der Waals surface area contributed by atoms with Gasteiger partial charge in [-0.2, -0.15) is 4.98 Å². The average molecular weight is 211 g/mol. The SMILES string of the molecule is CCC(C)c1noc(CNCC(C)C)n1. The third-order valence-electron chi connectivity index (χ3n) is 2.37. The molecule has 4 nitrogen and oxygen atoms in total. The molecule has 1 unspecified atom stereocenters. The summed E-state index contributed by atoms with van der Waals surface area (Å²) in [5, 5.41) is 7.23. The fraction of sp³-hybridized carbons (Fsp3) is 0.818. The van der Waals surface area contributed by atoms with Crippen LogP contribution < -0.4 is 5.32 Å². The van der Waals surface area contributed by atoms with Crippen LogP contribution in [0, 0.1) is 5.92 Å². The second-order valence-electron chi connectivity index (χ2n) is 4.38. The van der Waals surface area contributed by atoms with Crippen LogP contribution in [0.1, 0.15) is 51.7 Å². The second kappa shape index (κ2) is 5.85. The lowest BCUT2D eigenvalue weighted by Gasteiger charge is -2.03. The Morgan fingerprint density at radius 1 is 1.33 bits per heavy atom. The first-order valence-corrected chi connectivity index (χ1v) is 5.66. The van der Waals surface area contributed by atoms with E-state index in [1.807, 2.05) is 0 Å². The first-order valence-electron chi connectivity index (χ1n) is 5.66. The molecule has 0 saturated carbocycles. The Balaban J connectivity index is 2.39. The van der Waals surface area contributed by atoms with Crippen molar-refractivity contribution in [1.29, 1.82) is 0 Å². The Morgan fingerprint density at radius 2 is 2.07 bits per heavy atom. The summed E-state index contributed by atoms with van der Waals surface area (Å²) in [6.45, 7) is 10.2. The molecule has 0 aliphatic carbocycles. The molecule has 1 heterocycles.